The zero-order valence-corrected chi connectivity index (χ0v) is 15.1. The zero-order chi connectivity index (χ0) is 19.2. The first-order valence-electron chi connectivity index (χ1n) is 8.76. The number of anilines is 1. The largest absolute Gasteiger partial charge is 0.497 e. The minimum atomic E-state index is -0.629. The van der Waals surface area contributed by atoms with Gasteiger partial charge < -0.3 is 20.3 Å². The molecule has 2 amide bonds. The predicted molar refractivity (Wildman–Crippen MR) is 99.8 cm³/mol. The molecule has 2 N–H and O–H groups in total. The quantitative estimate of drug-likeness (QED) is 0.816. The standard InChI is InChI=1S/C20H22FN3O3/c1-27-16-7-4-6-15(11-16)23-19(25)12-18-20(26)24(10-9-22-18)13-14-5-2-3-8-17(14)21/h2-8,11,18,22H,9-10,12-13H2,1H3,(H,23,25). The monoisotopic (exact) mass is 371 g/mol. The number of amides is 2. The first-order chi connectivity index (χ1) is 13.1. The van der Waals surface area contributed by atoms with Gasteiger partial charge in [0.1, 0.15) is 11.6 Å². The van der Waals surface area contributed by atoms with Crippen molar-refractivity contribution in [3.63, 3.8) is 0 Å². The molecule has 6 nitrogen and oxygen atoms in total. The molecule has 0 radical (unpaired) electrons. The van der Waals surface area contributed by atoms with Crippen LogP contribution in [0.2, 0.25) is 0 Å². The fraction of sp³-hybridized carbons (Fsp3) is 0.300. The van der Waals surface area contributed by atoms with E-state index in [4.69, 9.17) is 4.74 Å². The van der Waals surface area contributed by atoms with Crippen molar-refractivity contribution in [3.8, 4) is 5.75 Å². The number of carbonyl (C=O) groups is 2. The number of rotatable bonds is 6. The number of piperazine rings is 1. The first kappa shape index (κ1) is 18.8. The predicted octanol–water partition coefficient (Wildman–Crippen LogP) is 2.16. The second kappa shape index (κ2) is 8.64. The van der Waals surface area contributed by atoms with Gasteiger partial charge in [-0.25, -0.2) is 4.39 Å². The Hall–Kier alpha value is -2.93. The molecule has 0 spiro atoms. The number of hydrogen-bond acceptors (Lipinski definition) is 4. The van der Waals surface area contributed by atoms with Crippen LogP contribution in [0.3, 0.4) is 0 Å². The first-order valence-corrected chi connectivity index (χ1v) is 8.76. The summed E-state index contributed by atoms with van der Waals surface area (Å²) in [5, 5.41) is 5.84. The van der Waals surface area contributed by atoms with Gasteiger partial charge in [-0.05, 0) is 18.2 Å². The molecule has 1 atom stereocenters. The summed E-state index contributed by atoms with van der Waals surface area (Å²) >= 11 is 0. The SMILES string of the molecule is COc1cccc(NC(=O)CC2NCCN(Cc3ccccc3F)C2=O)c1. The van der Waals surface area contributed by atoms with Crippen LogP contribution in [0.5, 0.6) is 5.75 Å². The summed E-state index contributed by atoms with van der Waals surface area (Å²) in [6.45, 7) is 1.22. The Morgan fingerprint density at radius 3 is 2.89 bits per heavy atom. The van der Waals surface area contributed by atoms with Crippen LogP contribution in [-0.4, -0.2) is 43.0 Å². The number of ether oxygens (including phenoxy) is 1. The van der Waals surface area contributed by atoms with Crippen molar-refractivity contribution in [1.82, 2.24) is 10.2 Å². The van der Waals surface area contributed by atoms with E-state index in [1.54, 1.807) is 54.5 Å². The second-order valence-corrected chi connectivity index (χ2v) is 6.34. The lowest BCUT2D eigenvalue weighted by atomic mass is 10.1. The highest BCUT2D eigenvalue weighted by Gasteiger charge is 2.30. The number of nitrogens with one attached hydrogen (secondary N) is 2. The van der Waals surface area contributed by atoms with Crippen molar-refractivity contribution in [3.05, 3.63) is 59.9 Å². The van der Waals surface area contributed by atoms with E-state index in [0.29, 0.717) is 30.1 Å². The third-order valence-electron chi connectivity index (χ3n) is 4.44. The van der Waals surface area contributed by atoms with E-state index in [2.05, 4.69) is 10.6 Å². The normalized spacial score (nSPS) is 16.9. The molecule has 0 aromatic heterocycles. The van der Waals surface area contributed by atoms with Crippen LogP contribution in [-0.2, 0) is 16.1 Å². The van der Waals surface area contributed by atoms with Gasteiger partial charge in [-0.2, -0.15) is 0 Å². The van der Waals surface area contributed by atoms with E-state index in [-0.39, 0.29) is 30.6 Å². The van der Waals surface area contributed by atoms with E-state index >= 15 is 0 Å². The maximum absolute atomic E-state index is 13.9. The van der Waals surface area contributed by atoms with Crippen LogP contribution in [0.1, 0.15) is 12.0 Å². The molecule has 1 unspecified atom stereocenters. The highest BCUT2D eigenvalue weighted by atomic mass is 19.1. The van der Waals surface area contributed by atoms with Crippen molar-refractivity contribution in [2.75, 3.05) is 25.5 Å². The fourth-order valence-corrected chi connectivity index (χ4v) is 3.04. The lowest BCUT2D eigenvalue weighted by Gasteiger charge is -2.33. The smallest absolute Gasteiger partial charge is 0.240 e. The second-order valence-electron chi connectivity index (χ2n) is 6.34. The van der Waals surface area contributed by atoms with Crippen molar-refractivity contribution in [2.45, 2.75) is 19.0 Å². The Kier molecular flexibility index (Phi) is 6.03. The number of nitrogens with zero attached hydrogens (tertiary/aromatic N) is 1. The van der Waals surface area contributed by atoms with Gasteiger partial charge in [0.2, 0.25) is 11.8 Å². The summed E-state index contributed by atoms with van der Waals surface area (Å²) in [7, 11) is 1.55. The van der Waals surface area contributed by atoms with Crippen molar-refractivity contribution < 1.29 is 18.7 Å². The molecule has 1 fully saturated rings. The minimum absolute atomic E-state index is 0.00378. The number of halogens is 1. The van der Waals surface area contributed by atoms with Gasteiger partial charge in [-0.1, -0.05) is 24.3 Å². The van der Waals surface area contributed by atoms with Gasteiger partial charge in [0, 0.05) is 37.0 Å². The Morgan fingerprint density at radius 2 is 2.11 bits per heavy atom. The van der Waals surface area contributed by atoms with Gasteiger partial charge in [0.15, 0.2) is 0 Å². The van der Waals surface area contributed by atoms with Crippen molar-refractivity contribution in [2.24, 2.45) is 0 Å². The molecule has 1 aliphatic heterocycles. The molecular formula is C20H22FN3O3. The maximum atomic E-state index is 13.9. The van der Waals surface area contributed by atoms with Crippen molar-refractivity contribution >= 4 is 17.5 Å². The summed E-state index contributed by atoms with van der Waals surface area (Å²) < 4.78 is 19.0. The summed E-state index contributed by atoms with van der Waals surface area (Å²) in [6.07, 6.45) is 0.00378. The van der Waals surface area contributed by atoms with E-state index in [1.807, 2.05) is 0 Å². The van der Waals surface area contributed by atoms with Crippen LogP contribution in [0.25, 0.3) is 0 Å². The molecule has 0 aliphatic carbocycles. The van der Waals surface area contributed by atoms with Gasteiger partial charge in [-0.3, -0.25) is 9.59 Å². The van der Waals surface area contributed by atoms with Crippen LogP contribution in [0.4, 0.5) is 10.1 Å². The average Bonchev–Trinajstić information content (AvgIpc) is 2.67. The topological polar surface area (TPSA) is 70.7 Å². The molecular weight excluding hydrogens is 349 g/mol. The van der Waals surface area contributed by atoms with E-state index in [0.717, 1.165) is 0 Å². The molecule has 0 saturated carbocycles. The Balaban J connectivity index is 1.60. The number of benzene rings is 2. The van der Waals surface area contributed by atoms with Crippen LogP contribution >= 0.6 is 0 Å². The highest BCUT2D eigenvalue weighted by molar-refractivity contribution is 5.95. The zero-order valence-electron chi connectivity index (χ0n) is 15.1. The summed E-state index contributed by atoms with van der Waals surface area (Å²) in [6, 6.07) is 12.8. The number of carbonyl (C=O) groups excluding carboxylic acids is 2. The van der Waals surface area contributed by atoms with E-state index in [1.165, 1.54) is 6.07 Å². The third kappa shape index (κ3) is 4.83. The molecule has 3 rings (SSSR count). The molecule has 142 valence electrons. The van der Waals surface area contributed by atoms with E-state index in [9.17, 15) is 14.0 Å². The van der Waals surface area contributed by atoms with Crippen molar-refractivity contribution in [1.29, 1.82) is 0 Å². The molecule has 7 heteroatoms. The number of hydrogen-bond donors (Lipinski definition) is 2. The minimum Gasteiger partial charge on any atom is -0.497 e. The lowest BCUT2D eigenvalue weighted by molar-refractivity contribution is -0.138. The lowest BCUT2D eigenvalue weighted by Crippen LogP contribution is -2.55. The average molecular weight is 371 g/mol. The summed E-state index contributed by atoms with van der Waals surface area (Å²) in [5.74, 6) is -0.181. The number of methoxy groups -OCH3 is 1. The van der Waals surface area contributed by atoms with Crippen LogP contribution < -0.4 is 15.4 Å². The Morgan fingerprint density at radius 1 is 1.30 bits per heavy atom. The molecule has 2 aromatic carbocycles. The van der Waals surface area contributed by atoms with Crippen LogP contribution in [0, 0.1) is 5.82 Å². The summed E-state index contributed by atoms with van der Waals surface area (Å²) in [5.41, 5.74) is 1.07. The van der Waals surface area contributed by atoms with Gasteiger partial charge in [0.25, 0.3) is 0 Å². The molecule has 0 bridgehead atoms. The van der Waals surface area contributed by atoms with E-state index < -0.39 is 6.04 Å². The fourth-order valence-electron chi connectivity index (χ4n) is 3.04. The molecule has 1 heterocycles. The van der Waals surface area contributed by atoms with Gasteiger partial charge in [-0.15, -0.1) is 0 Å². The molecule has 1 saturated heterocycles. The van der Waals surface area contributed by atoms with Gasteiger partial charge >= 0.3 is 0 Å². The van der Waals surface area contributed by atoms with Gasteiger partial charge in [0.05, 0.1) is 19.6 Å². The highest BCUT2D eigenvalue weighted by Crippen LogP contribution is 2.18. The molecule has 1 aliphatic rings. The maximum Gasteiger partial charge on any atom is 0.240 e. The Bertz CT molecular complexity index is 828. The molecule has 27 heavy (non-hydrogen) atoms. The van der Waals surface area contributed by atoms with Crippen LogP contribution in [0.15, 0.2) is 48.5 Å². The third-order valence-corrected chi connectivity index (χ3v) is 4.44. The molecule has 2 aromatic rings. The summed E-state index contributed by atoms with van der Waals surface area (Å²) in [4.78, 5) is 26.6. The Labute approximate surface area is 157 Å².